The van der Waals surface area contributed by atoms with Crippen LogP contribution in [0.3, 0.4) is 0 Å². The number of carbonyl (C=O) groups excluding carboxylic acids is 1. The molecule has 2 atom stereocenters. The summed E-state index contributed by atoms with van der Waals surface area (Å²) in [5.74, 6) is -2.25. The number of pyridine rings is 2. The number of urea groups is 1. The highest BCUT2D eigenvalue weighted by Crippen LogP contribution is 2.54. The summed E-state index contributed by atoms with van der Waals surface area (Å²) in [6, 6.07) is 5.72. The van der Waals surface area contributed by atoms with Gasteiger partial charge in [0.25, 0.3) is 5.92 Å². The van der Waals surface area contributed by atoms with E-state index in [0.29, 0.717) is 35.4 Å². The van der Waals surface area contributed by atoms with Crippen molar-refractivity contribution < 1.29 is 18.3 Å². The van der Waals surface area contributed by atoms with Crippen LogP contribution in [0.4, 0.5) is 19.4 Å². The Labute approximate surface area is 164 Å². The Morgan fingerprint density at radius 2 is 2.21 bits per heavy atom. The molecule has 2 aliphatic rings. The fraction of sp³-hybridized carbons (Fsp3) is 0.350. The maximum Gasteiger partial charge on any atom is 0.317 e. The summed E-state index contributed by atoms with van der Waals surface area (Å²) in [7, 11) is 0. The number of hydrogen-bond acceptors (Lipinski definition) is 4. The molecule has 29 heavy (non-hydrogen) atoms. The lowest BCUT2D eigenvalue weighted by atomic mass is 10.0. The standard InChI is InChI=1S/C20H19F2N5O2/c21-20(22)7-17(20)27-9-13(12-6-18(26-19(23)28)24-8-16(12)27)15-3-1-2-14(25-15)11-4-5-29-10-11/h1-3,6,8-9,11,17H,4-5,7,10H2,(H3,23,24,26,28). The van der Waals surface area contributed by atoms with Gasteiger partial charge in [0.15, 0.2) is 0 Å². The molecular formula is C20H19F2N5O2. The first-order chi connectivity index (χ1) is 13.9. The van der Waals surface area contributed by atoms with E-state index in [2.05, 4.69) is 10.3 Å². The van der Waals surface area contributed by atoms with Gasteiger partial charge in [-0.15, -0.1) is 0 Å². The van der Waals surface area contributed by atoms with Crippen LogP contribution in [-0.2, 0) is 4.74 Å². The lowest BCUT2D eigenvalue weighted by Gasteiger charge is -2.09. The van der Waals surface area contributed by atoms with Crippen molar-refractivity contribution in [3.8, 4) is 11.3 Å². The van der Waals surface area contributed by atoms with Gasteiger partial charge in [0.2, 0.25) is 0 Å². The fourth-order valence-electron chi connectivity index (χ4n) is 3.90. The zero-order valence-electron chi connectivity index (χ0n) is 15.4. The number of aromatic nitrogens is 3. The van der Waals surface area contributed by atoms with Gasteiger partial charge in [-0.05, 0) is 24.6 Å². The van der Waals surface area contributed by atoms with Gasteiger partial charge in [-0.1, -0.05) is 6.07 Å². The molecule has 1 aliphatic heterocycles. The molecule has 0 spiro atoms. The number of fused-ring (bicyclic) bond motifs is 1. The summed E-state index contributed by atoms with van der Waals surface area (Å²) >= 11 is 0. The number of nitrogens with two attached hydrogens (primary N) is 1. The van der Waals surface area contributed by atoms with E-state index in [-0.39, 0.29) is 18.2 Å². The molecule has 1 saturated carbocycles. The molecule has 7 nitrogen and oxygen atoms in total. The van der Waals surface area contributed by atoms with E-state index >= 15 is 0 Å². The zero-order chi connectivity index (χ0) is 20.2. The molecule has 0 aromatic carbocycles. The first-order valence-corrected chi connectivity index (χ1v) is 9.42. The molecule has 1 aliphatic carbocycles. The summed E-state index contributed by atoms with van der Waals surface area (Å²) in [6.45, 7) is 1.34. The van der Waals surface area contributed by atoms with Gasteiger partial charge in [0.1, 0.15) is 11.9 Å². The number of amides is 2. The number of primary amides is 1. The quantitative estimate of drug-likeness (QED) is 0.700. The van der Waals surface area contributed by atoms with Crippen LogP contribution in [0.2, 0.25) is 0 Å². The summed E-state index contributed by atoms with van der Waals surface area (Å²) in [4.78, 5) is 20.1. The van der Waals surface area contributed by atoms with Crippen molar-refractivity contribution in [2.45, 2.75) is 30.7 Å². The van der Waals surface area contributed by atoms with Crippen LogP contribution in [0.15, 0.2) is 36.7 Å². The van der Waals surface area contributed by atoms with Crippen molar-refractivity contribution in [2.75, 3.05) is 18.5 Å². The molecule has 3 aromatic rings. The molecule has 9 heteroatoms. The third kappa shape index (κ3) is 3.21. The predicted molar refractivity (Wildman–Crippen MR) is 103 cm³/mol. The number of carbonyl (C=O) groups is 1. The van der Waals surface area contributed by atoms with Crippen molar-refractivity contribution in [3.05, 3.63) is 42.4 Å². The van der Waals surface area contributed by atoms with Gasteiger partial charge in [0.05, 0.1) is 24.0 Å². The van der Waals surface area contributed by atoms with E-state index in [1.54, 1.807) is 16.8 Å². The second-order valence-electron chi connectivity index (χ2n) is 7.52. The smallest absolute Gasteiger partial charge is 0.317 e. The lowest BCUT2D eigenvalue weighted by Crippen LogP contribution is -2.19. The van der Waals surface area contributed by atoms with Crippen LogP contribution < -0.4 is 11.1 Å². The maximum absolute atomic E-state index is 13.8. The lowest BCUT2D eigenvalue weighted by molar-refractivity contribution is 0.102. The van der Waals surface area contributed by atoms with Gasteiger partial charge < -0.3 is 15.0 Å². The monoisotopic (exact) mass is 399 g/mol. The number of anilines is 1. The van der Waals surface area contributed by atoms with E-state index < -0.39 is 18.0 Å². The Balaban J connectivity index is 1.64. The SMILES string of the molecule is NC(=O)Nc1cc2c(-c3cccc(C4CCOC4)n3)cn(C3CC3(F)F)c2cn1. The molecule has 3 N–H and O–H groups in total. The molecule has 1 saturated heterocycles. The van der Waals surface area contributed by atoms with Gasteiger partial charge in [-0.2, -0.15) is 0 Å². The minimum Gasteiger partial charge on any atom is -0.381 e. The molecule has 0 radical (unpaired) electrons. The third-order valence-corrected chi connectivity index (χ3v) is 5.49. The number of hydrogen-bond donors (Lipinski definition) is 2. The normalized spacial score (nSPS) is 22.7. The van der Waals surface area contributed by atoms with Gasteiger partial charge in [-0.25, -0.2) is 18.6 Å². The van der Waals surface area contributed by atoms with Crippen molar-refractivity contribution in [3.63, 3.8) is 0 Å². The van der Waals surface area contributed by atoms with E-state index in [1.807, 2.05) is 18.2 Å². The van der Waals surface area contributed by atoms with Crippen LogP contribution in [0.5, 0.6) is 0 Å². The molecule has 2 fully saturated rings. The van der Waals surface area contributed by atoms with Crippen LogP contribution in [-0.4, -0.2) is 39.7 Å². The summed E-state index contributed by atoms with van der Waals surface area (Å²) in [6.07, 6.45) is 3.88. The summed E-state index contributed by atoms with van der Waals surface area (Å²) in [5.41, 5.74) is 8.06. The number of rotatable bonds is 4. The minimum atomic E-state index is -2.73. The fourth-order valence-corrected chi connectivity index (χ4v) is 3.90. The maximum atomic E-state index is 13.8. The second-order valence-corrected chi connectivity index (χ2v) is 7.52. The Kier molecular flexibility index (Phi) is 4.02. The van der Waals surface area contributed by atoms with Gasteiger partial charge >= 0.3 is 6.03 Å². The average molecular weight is 399 g/mol. The van der Waals surface area contributed by atoms with E-state index in [0.717, 1.165) is 12.1 Å². The topological polar surface area (TPSA) is 95.1 Å². The Hall–Kier alpha value is -3.07. The van der Waals surface area contributed by atoms with Crippen LogP contribution in [0.1, 0.15) is 30.5 Å². The highest BCUT2D eigenvalue weighted by Gasteiger charge is 2.58. The van der Waals surface area contributed by atoms with Crippen molar-refractivity contribution in [2.24, 2.45) is 5.73 Å². The molecule has 5 rings (SSSR count). The van der Waals surface area contributed by atoms with Gasteiger partial charge in [0, 0.05) is 41.8 Å². The van der Waals surface area contributed by atoms with Gasteiger partial charge in [-0.3, -0.25) is 10.3 Å². The Bertz CT molecular complexity index is 1110. The van der Waals surface area contributed by atoms with Crippen molar-refractivity contribution in [1.29, 1.82) is 0 Å². The number of alkyl halides is 2. The largest absolute Gasteiger partial charge is 0.381 e. The number of nitrogens with zero attached hydrogens (tertiary/aromatic N) is 3. The van der Waals surface area contributed by atoms with Crippen LogP contribution in [0.25, 0.3) is 22.2 Å². The third-order valence-electron chi connectivity index (χ3n) is 5.49. The molecular weight excluding hydrogens is 380 g/mol. The highest BCUT2D eigenvalue weighted by atomic mass is 19.3. The minimum absolute atomic E-state index is 0.204. The van der Waals surface area contributed by atoms with Crippen LogP contribution >= 0.6 is 0 Å². The average Bonchev–Trinajstić information content (AvgIpc) is 3.10. The molecule has 2 unspecified atom stereocenters. The number of halogens is 2. The number of ether oxygens (including phenoxy) is 1. The molecule has 4 heterocycles. The Morgan fingerprint density at radius 1 is 1.38 bits per heavy atom. The van der Waals surface area contributed by atoms with E-state index in [9.17, 15) is 13.6 Å². The van der Waals surface area contributed by atoms with Crippen LogP contribution in [0, 0.1) is 0 Å². The van der Waals surface area contributed by atoms with Crippen molar-refractivity contribution in [1.82, 2.24) is 14.5 Å². The first-order valence-electron chi connectivity index (χ1n) is 9.42. The molecule has 3 aromatic heterocycles. The van der Waals surface area contributed by atoms with E-state index in [1.165, 1.54) is 6.20 Å². The highest BCUT2D eigenvalue weighted by molar-refractivity contribution is 5.98. The summed E-state index contributed by atoms with van der Waals surface area (Å²) in [5, 5.41) is 3.11. The second kappa shape index (κ2) is 6.48. The molecule has 0 bridgehead atoms. The first kappa shape index (κ1) is 18.0. The molecule has 2 amide bonds. The zero-order valence-corrected chi connectivity index (χ0v) is 15.4. The molecule has 150 valence electrons. The van der Waals surface area contributed by atoms with Crippen molar-refractivity contribution >= 4 is 22.8 Å². The Morgan fingerprint density at radius 3 is 2.90 bits per heavy atom. The predicted octanol–water partition coefficient (Wildman–Crippen LogP) is 3.67. The van der Waals surface area contributed by atoms with E-state index in [4.69, 9.17) is 15.5 Å². The summed E-state index contributed by atoms with van der Waals surface area (Å²) < 4.78 is 34.6. The number of nitrogens with one attached hydrogen (secondary N) is 1.